The Labute approximate surface area is 279 Å². The van der Waals surface area contributed by atoms with E-state index in [4.69, 9.17) is 23.7 Å². The van der Waals surface area contributed by atoms with Gasteiger partial charge in [-0.2, -0.15) is 10.9 Å². The number of rotatable bonds is 10. The minimum absolute atomic E-state index is 0.0668. The minimum Gasteiger partial charge on any atom is -0.497 e. The van der Waals surface area contributed by atoms with E-state index < -0.39 is 10.9 Å². The Hall–Kier alpha value is -4.10. The van der Waals surface area contributed by atoms with Gasteiger partial charge in [-0.05, 0) is 157 Å². The third-order valence-electron chi connectivity index (χ3n) is 11.1. The molecule has 0 atom stereocenters. The van der Waals surface area contributed by atoms with Crippen molar-refractivity contribution >= 4 is 16.9 Å². The Bertz CT molecular complexity index is 1700. The van der Waals surface area contributed by atoms with Crippen LogP contribution in [0.4, 0.5) is 0 Å². The Balaban J connectivity index is 0.872. The van der Waals surface area contributed by atoms with Gasteiger partial charge in [0, 0.05) is 9.79 Å². The third-order valence-corrected chi connectivity index (χ3v) is 13.6. The van der Waals surface area contributed by atoms with Gasteiger partial charge in [-0.25, -0.2) is 4.79 Å². The normalized spacial score (nSPS) is 25.6. The van der Waals surface area contributed by atoms with Crippen molar-refractivity contribution in [2.24, 2.45) is 23.7 Å². The minimum atomic E-state index is -0.709. The zero-order valence-electron chi connectivity index (χ0n) is 27.2. The summed E-state index contributed by atoms with van der Waals surface area (Å²) >= 11 is 0. The molecule has 0 saturated heterocycles. The molecule has 4 aromatic carbocycles. The second-order valence-corrected chi connectivity index (χ2v) is 15.9. The van der Waals surface area contributed by atoms with E-state index in [1.807, 2.05) is 36.4 Å². The van der Waals surface area contributed by atoms with Gasteiger partial charge in [0.25, 0.3) is 0 Å². The highest BCUT2D eigenvalue weighted by atomic mass is 32.2. The molecule has 1 aliphatic heterocycles. The number of hydrogen-bond donors (Lipinski definition) is 1. The number of esters is 1. The van der Waals surface area contributed by atoms with Crippen LogP contribution in [0.5, 0.6) is 23.0 Å². The Morgan fingerprint density at radius 2 is 1.19 bits per heavy atom. The quantitative estimate of drug-likeness (QED) is 0.120. The molecular weight excluding hydrogens is 609 g/mol. The summed E-state index contributed by atoms with van der Waals surface area (Å²) in [7, 11) is 2.70. The molecule has 0 aromatic heterocycles. The summed E-state index contributed by atoms with van der Waals surface area (Å²) in [6, 6.07) is 28.9. The van der Waals surface area contributed by atoms with Crippen molar-refractivity contribution in [3.05, 3.63) is 90.5 Å². The number of hydrogen-bond acceptors (Lipinski definition) is 6. The predicted octanol–water partition coefficient (Wildman–Crippen LogP) is 8.88. The van der Waals surface area contributed by atoms with Crippen LogP contribution in [-0.2, 0) is 16.1 Å². The molecule has 244 valence electrons. The first-order chi connectivity index (χ1) is 22.9. The van der Waals surface area contributed by atoms with Crippen LogP contribution in [0.25, 0.3) is 11.1 Å². The maximum Gasteiger partial charge on any atom is 0.344 e. The second-order valence-electron chi connectivity index (χ2n) is 13.8. The smallest absolute Gasteiger partial charge is 0.344 e. The fraction of sp³-hybridized carbons (Fsp3) is 0.375. The van der Waals surface area contributed by atoms with Crippen LogP contribution in [-0.4, -0.2) is 32.4 Å². The lowest BCUT2D eigenvalue weighted by atomic mass is 9.50. The Kier molecular flexibility index (Phi) is 7.83. The van der Waals surface area contributed by atoms with Gasteiger partial charge in [0.05, 0.1) is 14.2 Å². The molecule has 1 heterocycles. The first-order valence-corrected chi connectivity index (χ1v) is 18.1. The second kappa shape index (κ2) is 12.2. The average Bonchev–Trinajstić information content (AvgIpc) is 3.42. The number of fused-ring (bicyclic) bond motifs is 3. The van der Waals surface area contributed by atoms with Crippen molar-refractivity contribution < 1.29 is 28.5 Å². The molecule has 4 saturated carbocycles. The van der Waals surface area contributed by atoms with Gasteiger partial charge in [-0.1, -0.05) is 12.1 Å². The molecule has 0 spiro atoms. The van der Waals surface area contributed by atoms with Gasteiger partial charge in [0.1, 0.15) is 35.2 Å². The maximum absolute atomic E-state index is 12.8. The number of carbonyl (C=O) groups excluding carboxylic acids is 1. The first kappa shape index (κ1) is 30.2. The highest BCUT2D eigenvalue weighted by molar-refractivity contribution is 8.17. The summed E-state index contributed by atoms with van der Waals surface area (Å²) in [5.74, 6) is 5.59. The average molecular weight is 651 g/mol. The standard InChI is InChI=1S/C40H42O6S/c1-40(28-17-26-16-27(19-28)20-29(40)18-26)46-39(41)24-45-30-6-4-25(5-7-30)23-44-31-8-12-34(13-9-31)47-37-14-10-32(42-2)21-35(37)36-22-33(43-3)11-15-38(36)47/h4-15,21-22,26-29,47H,16-20,23-24H2,1-3H3. The van der Waals surface area contributed by atoms with Crippen molar-refractivity contribution in [3.8, 4) is 34.1 Å². The molecule has 6 nitrogen and oxygen atoms in total. The number of ether oxygens (including phenoxy) is 5. The first-order valence-electron chi connectivity index (χ1n) is 16.7. The highest BCUT2D eigenvalue weighted by Gasteiger charge is 2.57. The molecule has 4 aliphatic carbocycles. The highest BCUT2D eigenvalue weighted by Crippen LogP contribution is 2.63. The molecule has 9 rings (SSSR count). The molecule has 47 heavy (non-hydrogen) atoms. The van der Waals surface area contributed by atoms with Gasteiger partial charge in [-0.15, -0.1) is 0 Å². The maximum atomic E-state index is 12.8. The van der Waals surface area contributed by atoms with Crippen LogP contribution in [0.3, 0.4) is 0 Å². The van der Waals surface area contributed by atoms with E-state index >= 15 is 0 Å². The summed E-state index contributed by atoms with van der Waals surface area (Å²) in [6.07, 6.45) is 6.22. The molecule has 0 amide bonds. The number of benzene rings is 4. The molecule has 4 fully saturated rings. The molecular formula is C40H42O6S. The number of carbonyl (C=O) groups is 1. The van der Waals surface area contributed by atoms with Crippen LogP contribution in [0.2, 0.25) is 0 Å². The molecule has 7 heteroatoms. The van der Waals surface area contributed by atoms with Crippen molar-refractivity contribution in [1.82, 2.24) is 0 Å². The van der Waals surface area contributed by atoms with E-state index in [0.29, 0.717) is 24.2 Å². The molecule has 4 bridgehead atoms. The largest absolute Gasteiger partial charge is 0.497 e. The Morgan fingerprint density at radius 3 is 1.74 bits per heavy atom. The van der Waals surface area contributed by atoms with E-state index in [0.717, 1.165) is 34.6 Å². The van der Waals surface area contributed by atoms with Crippen LogP contribution in [0.1, 0.15) is 44.6 Å². The van der Waals surface area contributed by atoms with Crippen LogP contribution >= 0.6 is 10.9 Å². The lowest BCUT2D eigenvalue weighted by molar-refractivity contribution is -0.204. The monoisotopic (exact) mass is 650 g/mol. The lowest BCUT2D eigenvalue weighted by Gasteiger charge is -2.59. The zero-order chi connectivity index (χ0) is 32.1. The van der Waals surface area contributed by atoms with Crippen molar-refractivity contribution in [3.63, 3.8) is 0 Å². The summed E-state index contributed by atoms with van der Waals surface area (Å²) in [5.41, 5.74) is 3.09. The van der Waals surface area contributed by atoms with Crippen LogP contribution < -0.4 is 18.9 Å². The fourth-order valence-electron chi connectivity index (χ4n) is 8.76. The summed E-state index contributed by atoms with van der Waals surface area (Å²) in [6.45, 7) is 2.54. The van der Waals surface area contributed by atoms with Gasteiger partial charge in [-0.3, -0.25) is 0 Å². The fourth-order valence-corrected chi connectivity index (χ4v) is 11.3. The summed E-state index contributed by atoms with van der Waals surface area (Å²) in [4.78, 5) is 16.7. The molecule has 5 aliphatic rings. The predicted molar refractivity (Wildman–Crippen MR) is 183 cm³/mol. The van der Waals surface area contributed by atoms with Gasteiger partial charge < -0.3 is 23.7 Å². The SMILES string of the molecule is COc1ccc2c(c1)-c1cc(OC)ccc1[SH]2c1ccc(OCc2ccc(OCC(=O)OC3(C)C4CC5CC(C4)CC3C5)cc2)cc1. The number of thiol groups is 1. The van der Waals surface area contributed by atoms with Crippen molar-refractivity contribution in [2.75, 3.05) is 20.8 Å². The van der Waals surface area contributed by atoms with Crippen LogP contribution in [0.15, 0.2) is 99.6 Å². The zero-order valence-corrected chi connectivity index (χ0v) is 28.1. The number of methoxy groups -OCH3 is 2. The van der Waals surface area contributed by atoms with Crippen molar-refractivity contribution in [2.45, 2.75) is 65.9 Å². The van der Waals surface area contributed by atoms with E-state index in [-0.39, 0.29) is 18.2 Å². The molecule has 0 radical (unpaired) electrons. The Morgan fingerprint density at radius 1 is 0.681 bits per heavy atom. The van der Waals surface area contributed by atoms with E-state index in [1.54, 1.807) is 14.2 Å². The van der Waals surface area contributed by atoms with E-state index in [1.165, 1.54) is 57.9 Å². The van der Waals surface area contributed by atoms with Gasteiger partial charge >= 0.3 is 5.97 Å². The van der Waals surface area contributed by atoms with Gasteiger partial charge in [0.15, 0.2) is 6.61 Å². The molecule has 0 unspecified atom stereocenters. The van der Waals surface area contributed by atoms with E-state index in [2.05, 4.69) is 55.5 Å². The summed E-state index contributed by atoms with van der Waals surface area (Å²) in [5, 5.41) is 0. The van der Waals surface area contributed by atoms with Gasteiger partial charge in [0.2, 0.25) is 0 Å². The molecule has 4 aromatic rings. The molecule has 0 N–H and O–H groups in total. The van der Waals surface area contributed by atoms with Crippen molar-refractivity contribution in [1.29, 1.82) is 0 Å². The topological polar surface area (TPSA) is 63.2 Å². The lowest BCUT2D eigenvalue weighted by Crippen LogP contribution is -2.58. The van der Waals surface area contributed by atoms with Crippen LogP contribution in [0, 0.1) is 23.7 Å². The third kappa shape index (κ3) is 5.62. The summed E-state index contributed by atoms with van der Waals surface area (Å²) < 4.78 is 29.2. The van der Waals surface area contributed by atoms with E-state index in [9.17, 15) is 4.79 Å².